The minimum Gasteiger partial charge on any atom is -0.391 e. The molecule has 0 saturated carbocycles. The zero-order valence-electron chi connectivity index (χ0n) is 15.7. The summed E-state index contributed by atoms with van der Waals surface area (Å²) in [6.45, 7) is 8.71. The van der Waals surface area contributed by atoms with Crippen LogP contribution in [0.4, 0.5) is 0 Å². The number of hydrogen-bond donors (Lipinski definition) is 2. The van der Waals surface area contributed by atoms with Crippen LogP contribution < -0.4 is 0 Å². The van der Waals surface area contributed by atoms with E-state index >= 15 is 0 Å². The second kappa shape index (κ2) is 6.85. The van der Waals surface area contributed by atoms with Crippen molar-refractivity contribution in [1.82, 2.24) is 24.6 Å². The van der Waals surface area contributed by atoms with E-state index in [2.05, 4.69) is 57.8 Å². The van der Waals surface area contributed by atoms with E-state index in [0.29, 0.717) is 12.6 Å². The van der Waals surface area contributed by atoms with Crippen LogP contribution >= 0.6 is 0 Å². The van der Waals surface area contributed by atoms with Crippen molar-refractivity contribution in [1.29, 1.82) is 0 Å². The molecule has 6 heteroatoms. The second-order valence-electron chi connectivity index (χ2n) is 7.75. The van der Waals surface area contributed by atoms with Crippen LogP contribution in [0.1, 0.15) is 37.1 Å². The van der Waals surface area contributed by atoms with Crippen LogP contribution in [0.15, 0.2) is 30.3 Å². The summed E-state index contributed by atoms with van der Waals surface area (Å²) in [7, 11) is 0. The van der Waals surface area contributed by atoms with Gasteiger partial charge in [-0.2, -0.15) is 5.10 Å². The van der Waals surface area contributed by atoms with Crippen LogP contribution in [0.2, 0.25) is 0 Å². The maximum absolute atomic E-state index is 10.5. The van der Waals surface area contributed by atoms with Crippen LogP contribution in [0, 0.1) is 12.8 Å². The third kappa shape index (κ3) is 3.27. The molecule has 1 aromatic carbocycles. The number of β-amino-alcohol motifs (C(OH)–C–C–N with tert-alkyl or cyclic N) is 1. The molecule has 0 unspecified atom stereocenters. The first-order chi connectivity index (χ1) is 12.5. The van der Waals surface area contributed by atoms with Crippen molar-refractivity contribution in [2.24, 2.45) is 5.92 Å². The standard InChI is InChI=1S/C20H27N5O/c1-13(2)25-18-7-5-4-6-17(18)21-20(25)12-24-10-15(19(26)11-24)9-16-8-14(3)22-23-16/h4-8,13,15,19,26H,9-12H2,1-3H3,(H,22,23)/t15-,19+/m1/s1. The van der Waals surface area contributed by atoms with Gasteiger partial charge in [-0.25, -0.2) is 4.98 Å². The Labute approximate surface area is 153 Å². The van der Waals surface area contributed by atoms with Gasteiger partial charge in [0.15, 0.2) is 0 Å². The van der Waals surface area contributed by atoms with Crippen LogP contribution in [-0.4, -0.2) is 48.9 Å². The van der Waals surface area contributed by atoms with Gasteiger partial charge in [-0.15, -0.1) is 0 Å². The molecule has 2 atom stereocenters. The lowest BCUT2D eigenvalue weighted by Gasteiger charge is -2.18. The van der Waals surface area contributed by atoms with Gasteiger partial charge < -0.3 is 9.67 Å². The molecular weight excluding hydrogens is 326 g/mol. The molecule has 1 saturated heterocycles. The predicted octanol–water partition coefficient (Wildman–Crippen LogP) is 2.68. The molecule has 4 rings (SSSR count). The first-order valence-corrected chi connectivity index (χ1v) is 9.38. The fraction of sp³-hybridized carbons (Fsp3) is 0.500. The van der Waals surface area contributed by atoms with Gasteiger partial charge in [-0.1, -0.05) is 12.1 Å². The topological polar surface area (TPSA) is 70.0 Å². The molecule has 6 nitrogen and oxygen atoms in total. The number of para-hydroxylation sites is 2. The van der Waals surface area contributed by atoms with Gasteiger partial charge in [0.25, 0.3) is 0 Å². The van der Waals surface area contributed by atoms with E-state index in [1.807, 2.05) is 13.0 Å². The number of aliphatic hydroxyl groups excluding tert-OH is 1. The van der Waals surface area contributed by atoms with E-state index in [-0.39, 0.29) is 12.0 Å². The third-order valence-corrected chi connectivity index (χ3v) is 5.26. The number of fused-ring (bicyclic) bond motifs is 1. The van der Waals surface area contributed by atoms with Gasteiger partial charge in [-0.3, -0.25) is 10.00 Å². The summed E-state index contributed by atoms with van der Waals surface area (Å²) >= 11 is 0. The summed E-state index contributed by atoms with van der Waals surface area (Å²) in [5.41, 5.74) is 4.32. The highest BCUT2D eigenvalue weighted by atomic mass is 16.3. The lowest BCUT2D eigenvalue weighted by molar-refractivity contribution is 0.140. The number of aliphatic hydroxyl groups is 1. The molecule has 2 N–H and O–H groups in total. The average Bonchev–Trinajstić information content (AvgIpc) is 3.25. The smallest absolute Gasteiger partial charge is 0.124 e. The van der Waals surface area contributed by atoms with Gasteiger partial charge in [0, 0.05) is 30.7 Å². The number of aryl methyl sites for hydroxylation is 1. The molecule has 0 spiro atoms. The fourth-order valence-corrected chi connectivity index (χ4v) is 4.10. The highest BCUT2D eigenvalue weighted by molar-refractivity contribution is 5.76. The van der Waals surface area contributed by atoms with Gasteiger partial charge >= 0.3 is 0 Å². The first kappa shape index (κ1) is 17.2. The summed E-state index contributed by atoms with van der Waals surface area (Å²) in [5.74, 6) is 1.29. The highest BCUT2D eigenvalue weighted by Gasteiger charge is 2.32. The van der Waals surface area contributed by atoms with Crippen molar-refractivity contribution >= 4 is 11.0 Å². The summed E-state index contributed by atoms with van der Waals surface area (Å²) in [6, 6.07) is 10.7. The maximum atomic E-state index is 10.5. The van der Waals surface area contributed by atoms with Crippen LogP contribution in [0.3, 0.4) is 0 Å². The van der Waals surface area contributed by atoms with Crippen molar-refractivity contribution in [2.75, 3.05) is 13.1 Å². The molecule has 138 valence electrons. The molecule has 1 aliphatic heterocycles. The zero-order chi connectivity index (χ0) is 18.3. The SMILES string of the molecule is Cc1cc(C[C@@H]2CN(Cc3nc4ccccc4n3C(C)C)C[C@@H]2O)n[nH]1. The number of likely N-dealkylation sites (tertiary alicyclic amines) is 1. The molecule has 2 aromatic heterocycles. The van der Waals surface area contributed by atoms with Crippen molar-refractivity contribution in [3.05, 3.63) is 47.5 Å². The van der Waals surface area contributed by atoms with E-state index in [0.717, 1.165) is 42.2 Å². The zero-order valence-corrected chi connectivity index (χ0v) is 15.7. The molecule has 1 fully saturated rings. The minimum absolute atomic E-state index is 0.217. The number of benzene rings is 1. The third-order valence-electron chi connectivity index (χ3n) is 5.26. The Morgan fingerprint density at radius 3 is 2.81 bits per heavy atom. The Morgan fingerprint density at radius 2 is 2.08 bits per heavy atom. The van der Waals surface area contributed by atoms with E-state index in [1.165, 1.54) is 5.52 Å². The number of H-pyrrole nitrogens is 1. The van der Waals surface area contributed by atoms with Gasteiger partial charge in [-0.05, 0) is 45.4 Å². The first-order valence-electron chi connectivity index (χ1n) is 9.38. The normalized spacial score (nSPS) is 21.3. The number of aromatic nitrogens is 4. The molecule has 0 bridgehead atoms. The number of nitrogens with one attached hydrogen (secondary N) is 1. The van der Waals surface area contributed by atoms with E-state index in [1.54, 1.807) is 0 Å². The quantitative estimate of drug-likeness (QED) is 0.740. The van der Waals surface area contributed by atoms with Crippen molar-refractivity contribution in [3.63, 3.8) is 0 Å². The minimum atomic E-state index is -0.316. The van der Waals surface area contributed by atoms with Crippen LogP contribution in [0.5, 0.6) is 0 Å². The molecule has 3 heterocycles. The molecule has 26 heavy (non-hydrogen) atoms. The second-order valence-corrected chi connectivity index (χ2v) is 7.75. The Hall–Kier alpha value is -2.18. The lowest BCUT2D eigenvalue weighted by Crippen LogP contribution is -2.24. The summed E-state index contributed by atoms with van der Waals surface area (Å²) < 4.78 is 2.31. The Morgan fingerprint density at radius 1 is 1.27 bits per heavy atom. The average molecular weight is 353 g/mol. The van der Waals surface area contributed by atoms with Crippen molar-refractivity contribution in [2.45, 2.75) is 45.9 Å². The monoisotopic (exact) mass is 353 g/mol. The largest absolute Gasteiger partial charge is 0.391 e. The Balaban J connectivity index is 1.51. The number of aromatic amines is 1. The molecular formula is C20H27N5O. The van der Waals surface area contributed by atoms with Crippen molar-refractivity contribution in [3.8, 4) is 0 Å². The van der Waals surface area contributed by atoms with Crippen LogP contribution in [-0.2, 0) is 13.0 Å². The molecule has 1 aliphatic rings. The van der Waals surface area contributed by atoms with Gasteiger partial charge in [0.05, 0.1) is 29.4 Å². The molecule has 0 aliphatic carbocycles. The van der Waals surface area contributed by atoms with E-state index in [9.17, 15) is 5.11 Å². The lowest BCUT2D eigenvalue weighted by atomic mass is 10.0. The highest BCUT2D eigenvalue weighted by Crippen LogP contribution is 2.26. The van der Waals surface area contributed by atoms with Crippen LogP contribution in [0.25, 0.3) is 11.0 Å². The number of hydrogen-bond acceptors (Lipinski definition) is 4. The summed E-state index contributed by atoms with van der Waals surface area (Å²) in [6.07, 6.45) is 0.492. The summed E-state index contributed by atoms with van der Waals surface area (Å²) in [5, 5.41) is 17.8. The number of rotatable bonds is 5. The number of nitrogens with zero attached hydrogens (tertiary/aromatic N) is 4. The Kier molecular flexibility index (Phi) is 4.54. The summed E-state index contributed by atoms with van der Waals surface area (Å²) in [4.78, 5) is 7.17. The molecule has 3 aromatic rings. The maximum Gasteiger partial charge on any atom is 0.124 e. The molecule has 0 radical (unpaired) electrons. The van der Waals surface area contributed by atoms with Gasteiger partial charge in [0.1, 0.15) is 5.82 Å². The predicted molar refractivity (Wildman–Crippen MR) is 102 cm³/mol. The van der Waals surface area contributed by atoms with E-state index < -0.39 is 0 Å². The van der Waals surface area contributed by atoms with E-state index in [4.69, 9.17) is 4.98 Å². The fourth-order valence-electron chi connectivity index (χ4n) is 4.10. The molecule has 0 amide bonds. The van der Waals surface area contributed by atoms with Gasteiger partial charge in [0.2, 0.25) is 0 Å². The Bertz CT molecular complexity index is 897. The van der Waals surface area contributed by atoms with Crippen molar-refractivity contribution < 1.29 is 5.11 Å². The number of imidazole rings is 1.